The van der Waals surface area contributed by atoms with Gasteiger partial charge in [0.05, 0.1) is 24.4 Å². The van der Waals surface area contributed by atoms with E-state index in [2.05, 4.69) is 17.0 Å². The topological polar surface area (TPSA) is 65.5 Å². The van der Waals surface area contributed by atoms with Gasteiger partial charge in [-0.15, -0.1) is 0 Å². The van der Waals surface area contributed by atoms with Crippen molar-refractivity contribution in [3.05, 3.63) is 11.3 Å². The van der Waals surface area contributed by atoms with Crippen LogP contribution in [0.25, 0.3) is 0 Å². The van der Waals surface area contributed by atoms with Crippen LogP contribution in [-0.2, 0) is 11.8 Å². The third-order valence-electron chi connectivity index (χ3n) is 4.22. The zero-order chi connectivity index (χ0) is 14.7. The highest BCUT2D eigenvalue weighted by molar-refractivity contribution is 5.34. The second kappa shape index (κ2) is 6.56. The largest absolute Gasteiger partial charge is 0.481 e. The Morgan fingerprint density at radius 2 is 2.15 bits per heavy atom. The van der Waals surface area contributed by atoms with Crippen molar-refractivity contribution in [3.63, 3.8) is 0 Å². The number of hydrogen-bond donors (Lipinski definition) is 1. The molecule has 2 heterocycles. The van der Waals surface area contributed by atoms with Gasteiger partial charge in [-0.25, -0.2) is 4.68 Å². The first-order chi connectivity index (χ1) is 9.60. The normalized spacial score (nSPS) is 18.5. The standard InChI is InChI=1S/C14H26N4O2/c1-10-13(14(19-4)18(3)16-10)12(9-15)17(2)11-5-7-20-8-6-11/h11-12H,5-9,15H2,1-4H3. The van der Waals surface area contributed by atoms with Crippen LogP contribution in [0.2, 0.25) is 0 Å². The average molecular weight is 282 g/mol. The predicted octanol–water partition coefficient (Wildman–Crippen LogP) is 0.848. The summed E-state index contributed by atoms with van der Waals surface area (Å²) in [4.78, 5) is 2.36. The van der Waals surface area contributed by atoms with Crippen molar-refractivity contribution in [2.24, 2.45) is 12.8 Å². The maximum atomic E-state index is 6.05. The molecule has 2 N–H and O–H groups in total. The molecule has 20 heavy (non-hydrogen) atoms. The van der Waals surface area contributed by atoms with E-state index in [1.165, 1.54) is 0 Å². The predicted molar refractivity (Wildman–Crippen MR) is 77.9 cm³/mol. The Balaban J connectivity index is 2.27. The van der Waals surface area contributed by atoms with E-state index < -0.39 is 0 Å². The smallest absolute Gasteiger partial charge is 0.216 e. The summed E-state index contributed by atoms with van der Waals surface area (Å²) in [6, 6.07) is 0.628. The van der Waals surface area contributed by atoms with Crippen LogP contribution in [0, 0.1) is 6.92 Å². The first-order valence-electron chi connectivity index (χ1n) is 7.17. The number of methoxy groups -OCH3 is 1. The third-order valence-corrected chi connectivity index (χ3v) is 4.22. The molecule has 1 unspecified atom stereocenters. The molecular formula is C14H26N4O2. The Morgan fingerprint density at radius 3 is 2.70 bits per heavy atom. The summed E-state index contributed by atoms with van der Waals surface area (Å²) >= 11 is 0. The minimum Gasteiger partial charge on any atom is -0.481 e. The van der Waals surface area contributed by atoms with Gasteiger partial charge < -0.3 is 15.2 Å². The van der Waals surface area contributed by atoms with Gasteiger partial charge in [0.2, 0.25) is 5.88 Å². The summed E-state index contributed by atoms with van der Waals surface area (Å²) in [5, 5.41) is 4.46. The van der Waals surface area contributed by atoms with Crippen LogP contribution in [0.3, 0.4) is 0 Å². The second-order valence-electron chi connectivity index (χ2n) is 5.39. The van der Waals surface area contributed by atoms with Gasteiger partial charge in [0.1, 0.15) is 0 Å². The second-order valence-corrected chi connectivity index (χ2v) is 5.39. The van der Waals surface area contributed by atoms with E-state index in [-0.39, 0.29) is 6.04 Å². The molecule has 1 aromatic heterocycles. The quantitative estimate of drug-likeness (QED) is 0.867. The van der Waals surface area contributed by atoms with Crippen molar-refractivity contribution in [2.75, 3.05) is 33.9 Å². The molecule has 1 aliphatic heterocycles. The highest BCUT2D eigenvalue weighted by Crippen LogP contribution is 2.33. The molecule has 1 atom stereocenters. The van der Waals surface area contributed by atoms with Crippen molar-refractivity contribution in [1.29, 1.82) is 0 Å². The molecule has 1 aliphatic rings. The lowest BCUT2D eigenvalue weighted by Gasteiger charge is -2.36. The molecule has 1 saturated heterocycles. The van der Waals surface area contributed by atoms with E-state index in [4.69, 9.17) is 15.2 Å². The van der Waals surface area contributed by atoms with E-state index in [1.54, 1.807) is 11.8 Å². The molecule has 0 spiro atoms. The minimum atomic E-state index is 0.127. The number of aryl methyl sites for hydroxylation is 2. The zero-order valence-electron chi connectivity index (χ0n) is 12.9. The fraction of sp³-hybridized carbons (Fsp3) is 0.786. The minimum absolute atomic E-state index is 0.127. The molecule has 6 heteroatoms. The lowest BCUT2D eigenvalue weighted by atomic mass is 10.0. The SMILES string of the molecule is COc1c(C(CN)N(C)C2CCOCC2)c(C)nn1C. The number of hydrogen-bond acceptors (Lipinski definition) is 5. The van der Waals surface area contributed by atoms with E-state index in [9.17, 15) is 0 Å². The molecule has 0 radical (unpaired) electrons. The maximum Gasteiger partial charge on any atom is 0.216 e. The highest BCUT2D eigenvalue weighted by Gasteiger charge is 2.30. The molecule has 0 aliphatic carbocycles. The van der Waals surface area contributed by atoms with Gasteiger partial charge >= 0.3 is 0 Å². The van der Waals surface area contributed by atoms with Gasteiger partial charge in [0, 0.05) is 32.8 Å². The van der Waals surface area contributed by atoms with Gasteiger partial charge in [-0.2, -0.15) is 5.10 Å². The number of ether oxygens (including phenoxy) is 2. The lowest BCUT2D eigenvalue weighted by Crippen LogP contribution is -2.41. The van der Waals surface area contributed by atoms with Gasteiger partial charge in [-0.05, 0) is 26.8 Å². The van der Waals surface area contributed by atoms with Gasteiger partial charge in [-0.1, -0.05) is 0 Å². The zero-order valence-corrected chi connectivity index (χ0v) is 12.9. The average Bonchev–Trinajstić information content (AvgIpc) is 2.75. The molecule has 0 saturated carbocycles. The van der Waals surface area contributed by atoms with E-state index >= 15 is 0 Å². The molecule has 0 aromatic carbocycles. The van der Waals surface area contributed by atoms with E-state index in [1.807, 2.05) is 14.0 Å². The number of nitrogens with two attached hydrogens (primary N) is 1. The van der Waals surface area contributed by atoms with E-state index in [0.717, 1.165) is 43.2 Å². The van der Waals surface area contributed by atoms with Crippen LogP contribution >= 0.6 is 0 Å². The van der Waals surface area contributed by atoms with Crippen molar-refractivity contribution in [3.8, 4) is 5.88 Å². The molecule has 1 aromatic rings. The van der Waals surface area contributed by atoms with Crippen molar-refractivity contribution in [1.82, 2.24) is 14.7 Å². The van der Waals surface area contributed by atoms with Gasteiger partial charge in [0.25, 0.3) is 0 Å². The van der Waals surface area contributed by atoms with Crippen molar-refractivity contribution >= 4 is 0 Å². The molecule has 2 rings (SSSR count). The van der Waals surface area contributed by atoms with Gasteiger partial charge in [-0.3, -0.25) is 4.90 Å². The summed E-state index contributed by atoms with van der Waals surface area (Å²) in [6.07, 6.45) is 2.10. The lowest BCUT2D eigenvalue weighted by molar-refractivity contribution is 0.0289. The van der Waals surface area contributed by atoms with Crippen molar-refractivity contribution in [2.45, 2.75) is 31.8 Å². The molecule has 0 amide bonds. The monoisotopic (exact) mass is 282 g/mol. The van der Waals surface area contributed by atoms with Crippen LogP contribution < -0.4 is 10.5 Å². The molecular weight excluding hydrogens is 256 g/mol. The maximum absolute atomic E-state index is 6.05. The van der Waals surface area contributed by atoms with Gasteiger partial charge in [0.15, 0.2) is 0 Å². The molecule has 6 nitrogen and oxygen atoms in total. The Hall–Kier alpha value is -1.11. The number of nitrogens with zero attached hydrogens (tertiary/aromatic N) is 3. The Bertz CT molecular complexity index is 441. The van der Waals surface area contributed by atoms with Crippen LogP contribution in [0.15, 0.2) is 0 Å². The summed E-state index contributed by atoms with van der Waals surface area (Å²) in [7, 11) is 5.72. The van der Waals surface area contributed by atoms with Crippen LogP contribution in [0.1, 0.15) is 30.1 Å². The molecule has 114 valence electrons. The third kappa shape index (κ3) is 2.82. The fourth-order valence-electron chi connectivity index (χ4n) is 3.11. The fourth-order valence-corrected chi connectivity index (χ4v) is 3.11. The van der Waals surface area contributed by atoms with Crippen LogP contribution in [0.4, 0.5) is 0 Å². The number of rotatable bonds is 5. The van der Waals surface area contributed by atoms with Crippen LogP contribution in [-0.4, -0.2) is 54.6 Å². The highest BCUT2D eigenvalue weighted by atomic mass is 16.5. The van der Waals surface area contributed by atoms with Crippen LogP contribution in [0.5, 0.6) is 5.88 Å². The summed E-state index contributed by atoms with van der Waals surface area (Å²) in [6.45, 7) is 4.22. The Kier molecular flexibility index (Phi) is 5.01. The van der Waals surface area contributed by atoms with Crippen molar-refractivity contribution < 1.29 is 9.47 Å². The summed E-state index contributed by atoms with van der Waals surface area (Å²) in [5.74, 6) is 0.803. The first kappa shape index (κ1) is 15.3. The Labute approximate surface area is 120 Å². The Morgan fingerprint density at radius 1 is 1.50 bits per heavy atom. The number of likely N-dealkylation sites (N-methyl/N-ethyl adjacent to an activating group) is 1. The van der Waals surface area contributed by atoms with E-state index in [0.29, 0.717) is 12.6 Å². The number of aromatic nitrogens is 2. The molecule has 1 fully saturated rings. The molecule has 0 bridgehead atoms. The summed E-state index contributed by atoms with van der Waals surface area (Å²) < 4.78 is 12.7. The first-order valence-corrected chi connectivity index (χ1v) is 7.17. The summed E-state index contributed by atoms with van der Waals surface area (Å²) in [5.41, 5.74) is 8.14.